The lowest BCUT2D eigenvalue weighted by Crippen LogP contribution is -2.30. The third-order valence-electron chi connectivity index (χ3n) is 2.41. The molecule has 2 nitrogen and oxygen atoms in total. The Balaban J connectivity index is 2.46. The van der Waals surface area contributed by atoms with Crippen LogP contribution in [0.3, 0.4) is 0 Å². The predicted molar refractivity (Wildman–Crippen MR) is 64.5 cm³/mol. The lowest BCUT2D eigenvalue weighted by molar-refractivity contribution is 0.819. The second kappa shape index (κ2) is 3.96. The van der Waals surface area contributed by atoms with Crippen LogP contribution in [0.15, 0.2) is 17.0 Å². The molecule has 1 aromatic rings. The molecule has 0 saturated heterocycles. The summed E-state index contributed by atoms with van der Waals surface area (Å²) in [5.74, 6) is 0. The van der Waals surface area contributed by atoms with E-state index in [2.05, 4.69) is 17.5 Å². The van der Waals surface area contributed by atoms with E-state index < -0.39 is 0 Å². The van der Waals surface area contributed by atoms with Gasteiger partial charge in [0.1, 0.15) is 5.25 Å². The second-order valence-corrected chi connectivity index (χ2v) is 5.31. The molecule has 0 radical (unpaired) electrons. The molecule has 1 aromatic carbocycles. The standard InChI is InChI=1S/C11H11ClN2S/c1-6-3-8(12)11-9(4-6)15-10(5-13)7(2)14-11/h3-4,7,10,14H,1-2H3. The SMILES string of the molecule is Cc1cc(Cl)c2c(c1)SC(C#N)C(C)N2. The largest absolute Gasteiger partial charge is 0.378 e. The van der Waals surface area contributed by atoms with E-state index in [0.29, 0.717) is 0 Å². The predicted octanol–water partition coefficient (Wildman–Crippen LogP) is 3.45. The van der Waals surface area contributed by atoms with Gasteiger partial charge in [-0.25, -0.2) is 0 Å². The number of hydrogen-bond donors (Lipinski definition) is 1. The van der Waals surface area contributed by atoms with Crippen LogP contribution < -0.4 is 5.32 Å². The number of nitriles is 1. The Morgan fingerprint density at radius 1 is 1.53 bits per heavy atom. The summed E-state index contributed by atoms with van der Waals surface area (Å²) in [6, 6.07) is 6.43. The topological polar surface area (TPSA) is 35.8 Å². The molecule has 1 heterocycles. The van der Waals surface area contributed by atoms with Gasteiger partial charge in [0, 0.05) is 10.9 Å². The molecular formula is C11H11ClN2S. The maximum Gasteiger partial charge on any atom is 0.116 e. The molecule has 0 amide bonds. The summed E-state index contributed by atoms with van der Waals surface area (Å²) in [5.41, 5.74) is 2.09. The second-order valence-electron chi connectivity index (χ2n) is 3.72. The minimum atomic E-state index is -0.0460. The molecule has 2 unspecified atom stereocenters. The van der Waals surface area contributed by atoms with Gasteiger partial charge in [-0.3, -0.25) is 0 Å². The van der Waals surface area contributed by atoms with Crippen molar-refractivity contribution in [2.45, 2.75) is 30.0 Å². The van der Waals surface area contributed by atoms with Crippen LogP contribution in [-0.2, 0) is 0 Å². The number of anilines is 1. The molecule has 0 aliphatic carbocycles. The zero-order valence-corrected chi connectivity index (χ0v) is 10.1. The van der Waals surface area contributed by atoms with Gasteiger partial charge in [0.2, 0.25) is 0 Å². The molecular weight excluding hydrogens is 228 g/mol. The number of benzene rings is 1. The average molecular weight is 239 g/mol. The van der Waals surface area contributed by atoms with Crippen molar-refractivity contribution in [3.63, 3.8) is 0 Å². The number of thioether (sulfide) groups is 1. The van der Waals surface area contributed by atoms with E-state index in [1.807, 2.05) is 19.9 Å². The Bertz CT molecular complexity index is 439. The fraction of sp³-hybridized carbons (Fsp3) is 0.364. The van der Waals surface area contributed by atoms with Crippen molar-refractivity contribution in [1.82, 2.24) is 0 Å². The lowest BCUT2D eigenvalue weighted by Gasteiger charge is -2.28. The van der Waals surface area contributed by atoms with E-state index in [4.69, 9.17) is 16.9 Å². The molecule has 2 rings (SSSR count). The number of aryl methyl sites for hydroxylation is 1. The molecule has 15 heavy (non-hydrogen) atoms. The van der Waals surface area contributed by atoms with E-state index in [1.165, 1.54) is 0 Å². The Labute approximate surface area is 98.6 Å². The van der Waals surface area contributed by atoms with Gasteiger partial charge in [-0.1, -0.05) is 11.6 Å². The van der Waals surface area contributed by atoms with Crippen LogP contribution in [0.25, 0.3) is 0 Å². The molecule has 1 aliphatic rings. The maximum absolute atomic E-state index is 8.98. The van der Waals surface area contributed by atoms with Crippen molar-refractivity contribution in [1.29, 1.82) is 5.26 Å². The summed E-state index contributed by atoms with van der Waals surface area (Å²) in [5, 5.41) is 13.0. The molecule has 0 spiro atoms. The van der Waals surface area contributed by atoms with Crippen LogP contribution in [-0.4, -0.2) is 11.3 Å². The number of nitrogens with zero attached hydrogens (tertiary/aromatic N) is 1. The third kappa shape index (κ3) is 1.92. The van der Waals surface area contributed by atoms with E-state index in [-0.39, 0.29) is 11.3 Å². The van der Waals surface area contributed by atoms with Crippen molar-refractivity contribution in [3.8, 4) is 6.07 Å². The van der Waals surface area contributed by atoms with Gasteiger partial charge in [0.15, 0.2) is 0 Å². The van der Waals surface area contributed by atoms with Crippen LogP contribution >= 0.6 is 23.4 Å². The molecule has 1 N–H and O–H groups in total. The molecule has 1 aliphatic heterocycles. The van der Waals surface area contributed by atoms with E-state index in [9.17, 15) is 0 Å². The Morgan fingerprint density at radius 2 is 2.27 bits per heavy atom. The Kier molecular flexibility index (Phi) is 2.81. The van der Waals surface area contributed by atoms with Gasteiger partial charge in [0.25, 0.3) is 0 Å². The highest BCUT2D eigenvalue weighted by atomic mass is 35.5. The van der Waals surface area contributed by atoms with Gasteiger partial charge in [-0.15, -0.1) is 11.8 Å². The van der Waals surface area contributed by atoms with Crippen molar-refractivity contribution in [3.05, 3.63) is 22.7 Å². The molecule has 0 aromatic heterocycles. The highest BCUT2D eigenvalue weighted by Crippen LogP contribution is 2.42. The van der Waals surface area contributed by atoms with Gasteiger partial charge in [-0.05, 0) is 31.5 Å². The van der Waals surface area contributed by atoms with Gasteiger partial charge in [-0.2, -0.15) is 5.26 Å². The van der Waals surface area contributed by atoms with Crippen molar-refractivity contribution in [2.24, 2.45) is 0 Å². The smallest absolute Gasteiger partial charge is 0.116 e. The maximum atomic E-state index is 8.98. The summed E-state index contributed by atoms with van der Waals surface area (Å²) in [7, 11) is 0. The summed E-state index contributed by atoms with van der Waals surface area (Å²) in [4.78, 5) is 1.07. The van der Waals surface area contributed by atoms with Crippen LogP contribution in [0.4, 0.5) is 5.69 Å². The fourth-order valence-electron chi connectivity index (χ4n) is 1.62. The lowest BCUT2D eigenvalue weighted by atomic mass is 10.2. The third-order valence-corrected chi connectivity index (χ3v) is 4.05. The van der Waals surface area contributed by atoms with Crippen LogP contribution in [0.1, 0.15) is 12.5 Å². The number of nitrogens with one attached hydrogen (secondary N) is 1. The fourth-order valence-corrected chi connectivity index (χ4v) is 3.15. The summed E-state index contributed by atoms with van der Waals surface area (Å²) in [6.45, 7) is 4.01. The van der Waals surface area contributed by atoms with E-state index >= 15 is 0 Å². The highest BCUT2D eigenvalue weighted by Gasteiger charge is 2.26. The minimum Gasteiger partial charge on any atom is -0.378 e. The Morgan fingerprint density at radius 3 is 2.93 bits per heavy atom. The number of rotatable bonds is 0. The molecule has 78 valence electrons. The summed E-state index contributed by atoms with van der Waals surface area (Å²) >= 11 is 7.73. The highest BCUT2D eigenvalue weighted by molar-refractivity contribution is 8.00. The normalized spacial score (nSPS) is 23.9. The average Bonchev–Trinajstić information content (AvgIpc) is 2.18. The quantitative estimate of drug-likeness (QED) is 0.752. The zero-order valence-electron chi connectivity index (χ0n) is 8.54. The summed E-state index contributed by atoms with van der Waals surface area (Å²) < 4.78 is 0. The van der Waals surface area contributed by atoms with Crippen LogP contribution in [0.2, 0.25) is 5.02 Å². The first-order valence-corrected chi connectivity index (χ1v) is 6.00. The van der Waals surface area contributed by atoms with Gasteiger partial charge >= 0.3 is 0 Å². The molecule has 0 bridgehead atoms. The first-order chi connectivity index (χ1) is 7.11. The minimum absolute atomic E-state index is 0.0460. The van der Waals surface area contributed by atoms with E-state index in [1.54, 1.807) is 11.8 Å². The molecule has 4 heteroatoms. The molecule has 0 fully saturated rings. The van der Waals surface area contributed by atoms with Gasteiger partial charge in [0.05, 0.1) is 16.8 Å². The Hall–Kier alpha value is -0.850. The number of fused-ring (bicyclic) bond motifs is 1. The first-order valence-electron chi connectivity index (χ1n) is 4.75. The van der Waals surface area contributed by atoms with E-state index in [0.717, 1.165) is 21.2 Å². The van der Waals surface area contributed by atoms with Crippen molar-refractivity contribution < 1.29 is 0 Å². The van der Waals surface area contributed by atoms with Crippen LogP contribution in [0, 0.1) is 18.3 Å². The number of hydrogen-bond acceptors (Lipinski definition) is 3. The number of halogens is 1. The summed E-state index contributed by atoms with van der Waals surface area (Å²) in [6.07, 6.45) is 0. The van der Waals surface area contributed by atoms with Crippen LogP contribution in [0.5, 0.6) is 0 Å². The van der Waals surface area contributed by atoms with Crippen molar-refractivity contribution >= 4 is 29.1 Å². The van der Waals surface area contributed by atoms with Gasteiger partial charge < -0.3 is 5.32 Å². The van der Waals surface area contributed by atoms with Crippen molar-refractivity contribution in [2.75, 3.05) is 5.32 Å². The zero-order chi connectivity index (χ0) is 11.0. The molecule has 0 saturated carbocycles. The monoisotopic (exact) mass is 238 g/mol. The molecule has 2 atom stereocenters. The first kappa shape index (κ1) is 10.7.